The molecule has 0 amide bonds. The standard InChI is InChI=1S/C15H21NO2/c1-15(17)6-8-16(9-7-15)11-13-10-12-4-2-3-5-14(12)18-13/h2-5,13,17H,6-11H2,1H3. The Morgan fingerprint density at radius 3 is 2.78 bits per heavy atom. The summed E-state index contributed by atoms with van der Waals surface area (Å²) in [6, 6.07) is 8.30. The Labute approximate surface area is 108 Å². The van der Waals surface area contributed by atoms with Gasteiger partial charge in [0.05, 0.1) is 5.60 Å². The highest BCUT2D eigenvalue weighted by molar-refractivity contribution is 5.37. The van der Waals surface area contributed by atoms with Crippen LogP contribution in [0, 0.1) is 0 Å². The Morgan fingerprint density at radius 1 is 1.33 bits per heavy atom. The zero-order valence-corrected chi connectivity index (χ0v) is 10.9. The highest BCUT2D eigenvalue weighted by atomic mass is 16.5. The van der Waals surface area contributed by atoms with E-state index in [9.17, 15) is 5.11 Å². The second-order valence-electron chi connectivity index (χ2n) is 5.85. The first-order valence-electron chi connectivity index (χ1n) is 6.82. The number of rotatable bonds is 2. The lowest BCUT2D eigenvalue weighted by Gasteiger charge is -2.36. The van der Waals surface area contributed by atoms with Crippen LogP contribution in [0.1, 0.15) is 25.3 Å². The number of hydrogen-bond acceptors (Lipinski definition) is 3. The molecule has 0 aromatic heterocycles. The summed E-state index contributed by atoms with van der Waals surface area (Å²) in [5.41, 5.74) is 0.863. The van der Waals surface area contributed by atoms with E-state index in [1.807, 2.05) is 13.0 Å². The second kappa shape index (κ2) is 4.56. The summed E-state index contributed by atoms with van der Waals surface area (Å²) in [5, 5.41) is 9.94. The maximum atomic E-state index is 9.94. The minimum absolute atomic E-state index is 0.283. The molecular weight excluding hydrogens is 226 g/mol. The van der Waals surface area contributed by atoms with Crippen LogP contribution in [0.3, 0.4) is 0 Å². The van der Waals surface area contributed by atoms with Gasteiger partial charge in [-0.25, -0.2) is 0 Å². The van der Waals surface area contributed by atoms with Crippen molar-refractivity contribution in [3.8, 4) is 5.75 Å². The van der Waals surface area contributed by atoms with Gasteiger partial charge in [-0.05, 0) is 31.4 Å². The van der Waals surface area contributed by atoms with Gasteiger partial charge in [0.15, 0.2) is 0 Å². The number of piperidine rings is 1. The molecule has 0 bridgehead atoms. The average Bonchev–Trinajstić information content (AvgIpc) is 2.74. The van der Waals surface area contributed by atoms with Crippen LogP contribution in [0.15, 0.2) is 24.3 Å². The molecule has 0 aliphatic carbocycles. The number of aliphatic hydroxyl groups is 1. The van der Waals surface area contributed by atoms with Gasteiger partial charge in [0.2, 0.25) is 0 Å². The lowest BCUT2D eigenvalue weighted by molar-refractivity contribution is -0.0123. The van der Waals surface area contributed by atoms with Crippen molar-refractivity contribution in [3.05, 3.63) is 29.8 Å². The zero-order valence-electron chi connectivity index (χ0n) is 10.9. The van der Waals surface area contributed by atoms with E-state index in [0.717, 1.165) is 44.6 Å². The molecule has 1 fully saturated rings. The Balaban J connectivity index is 1.54. The fourth-order valence-corrected chi connectivity index (χ4v) is 2.86. The van der Waals surface area contributed by atoms with Crippen molar-refractivity contribution < 1.29 is 9.84 Å². The number of benzene rings is 1. The molecule has 3 nitrogen and oxygen atoms in total. The summed E-state index contributed by atoms with van der Waals surface area (Å²) in [6.45, 7) is 4.86. The number of likely N-dealkylation sites (tertiary alicyclic amines) is 1. The molecule has 1 N–H and O–H groups in total. The van der Waals surface area contributed by atoms with Crippen molar-refractivity contribution in [1.82, 2.24) is 4.90 Å². The van der Waals surface area contributed by atoms with Gasteiger partial charge in [-0.3, -0.25) is 4.90 Å². The van der Waals surface area contributed by atoms with Crippen LogP contribution >= 0.6 is 0 Å². The first-order chi connectivity index (χ1) is 8.62. The van der Waals surface area contributed by atoms with Gasteiger partial charge in [0.25, 0.3) is 0 Å². The largest absolute Gasteiger partial charge is 0.488 e. The molecule has 1 saturated heterocycles. The van der Waals surface area contributed by atoms with Crippen molar-refractivity contribution in [2.75, 3.05) is 19.6 Å². The summed E-state index contributed by atoms with van der Waals surface area (Å²) < 4.78 is 5.96. The van der Waals surface area contributed by atoms with E-state index in [-0.39, 0.29) is 6.10 Å². The number of para-hydroxylation sites is 1. The van der Waals surface area contributed by atoms with Crippen LogP contribution in [-0.4, -0.2) is 41.3 Å². The lowest BCUT2D eigenvalue weighted by atomic mass is 9.93. The SMILES string of the molecule is CC1(O)CCN(CC2Cc3ccccc3O2)CC1. The van der Waals surface area contributed by atoms with Gasteiger partial charge in [-0.1, -0.05) is 18.2 Å². The average molecular weight is 247 g/mol. The molecule has 0 radical (unpaired) electrons. The van der Waals surface area contributed by atoms with Gasteiger partial charge in [-0.15, -0.1) is 0 Å². The Morgan fingerprint density at radius 2 is 2.06 bits per heavy atom. The minimum Gasteiger partial charge on any atom is -0.488 e. The molecule has 0 spiro atoms. The predicted octanol–water partition coefficient (Wildman–Crippen LogP) is 1.84. The quantitative estimate of drug-likeness (QED) is 0.865. The molecule has 1 atom stereocenters. The second-order valence-corrected chi connectivity index (χ2v) is 5.85. The van der Waals surface area contributed by atoms with Crippen LogP contribution in [0.2, 0.25) is 0 Å². The van der Waals surface area contributed by atoms with Crippen molar-refractivity contribution in [2.45, 2.75) is 37.9 Å². The van der Waals surface area contributed by atoms with Crippen molar-refractivity contribution in [1.29, 1.82) is 0 Å². The number of hydrogen-bond donors (Lipinski definition) is 1. The zero-order chi connectivity index (χ0) is 12.6. The summed E-state index contributed by atoms with van der Waals surface area (Å²) in [5.74, 6) is 1.05. The Kier molecular flexibility index (Phi) is 3.04. The fraction of sp³-hybridized carbons (Fsp3) is 0.600. The van der Waals surface area contributed by atoms with Gasteiger partial charge >= 0.3 is 0 Å². The molecule has 0 saturated carbocycles. The van der Waals surface area contributed by atoms with Gasteiger partial charge < -0.3 is 9.84 Å². The molecule has 1 unspecified atom stereocenters. The van der Waals surface area contributed by atoms with Crippen LogP contribution in [0.5, 0.6) is 5.75 Å². The summed E-state index contributed by atoms with van der Waals surface area (Å²) in [7, 11) is 0. The Hall–Kier alpha value is -1.06. The molecule has 2 heterocycles. The number of fused-ring (bicyclic) bond motifs is 1. The molecule has 3 rings (SSSR count). The fourth-order valence-electron chi connectivity index (χ4n) is 2.86. The van der Waals surface area contributed by atoms with E-state index in [1.165, 1.54) is 5.56 Å². The van der Waals surface area contributed by atoms with E-state index >= 15 is 0 Å². The molecular formula is C15H21NO2. The van der Waals surface area contributed by atoms with E-state index in [2.05, 4.69) is 23.1 Å². The number of ether oxygens (including phenoxy) is 1. The molecule has 1 aromatic rings. The third-order valence-electron chi connectivity index (χ3n) is 4.11. The van der Waals surface area contributed by atoms with Gasteiger partial charge in [0, 0.05) is 26.1 Å². The normalized spacial score (nSPS) is 26.7. The van der Waals surface area contributed by atoms with Crippen molar-refractivity contribution >= 4 is 0 Å². The van der Waals surface area contributed by atoms with Gasteiger partial charge in [-0.2, -0.15) is 0 Å². The summed E-state index contributed by atoms with van der Waals surface area (Å²) in [4.78, 5) is 2.41. The summed E-state index contributed by atoms with van der Waals surface area (Å²) in [6.07, 6.45) is 3.04. The maximum Gasteiger partial charge on any atom is 0.123 e. The van der Waals surface area contributed by atoms with Crippen molar-refractivity contribution in [2.24, 2.45) is 0 Å². The molecule has 2 aliphatic rings. The Bertz CT molecular complexity index is 395. The topological polar surface area (TPSA) is 32.7 Å². The van der Waals surface area contributed by atoms with E-state index in [1.54, 1.807) is 0 Å². The lowest BCUT2D eigenvalue weighted by Crippen LogP contribution is -2.45. The van der Waals surface area contributed by atoms with E-state index < -0.39 is 5.60 Å². The smallest absolute Gasteiger partial charge is 0.123 e. The van der Waals surface area contributed by atoms with Crippen LogP contribution in [0.25, 0.3) is 0 Å². The minimum atomic E-state index is -0.462. The predicted molar refractivity (Wildman–Crippen MR) is 70.9 cm³/mol. The van der Waals surface area contributed by atoms with Crippen LogP contribution < -0.4 is 4.74 Å². The van der Waals surface area contributed by atoms with Crippen LogP contribution in [-0.2, 0) is 6.42 Å². The summed E-state index contributed by atoms with van der Waals surface area (Å²) >= 11 is 0. The highest BCUT2D eigenvalue weighted by Gasteiger charge is 2.30. The molecule has 1 aromatic carbocycles. The highest BCUT2D eigenvalue weighted by Crippen LogP contribution is 2.29. The molecule has 3 heteroatoms. The number of nitrogens with zero attached hydrogens (tertiary/aromatic N) is 1. The van der Waals surface area contributed by atoms with E-state index in [0.29, 0.717) is 0 Å². The third kappa shape index (κ3) is 2.52. The molecule has 2 aliphatic heterocycles. The molecule has 98 valence electrons. The molecule has 18 heavy (non-hydrogen) atoms. The third-order valence-corrected chi connectivity index (χ3v) is 4.11. The van der Waals surface area contributed by atoms with Crippen LogP contribution in [0.4, 0.5) is 0 Å². The monoisotopic (exact) mass is 247 g/mol. The first kappa shape index (κ1) is 12.0. The van der Waals surface area contributed by atoms with E-state index in [4.69, 9.17) is 4.74 Å². The maximum absolute atomic E-state index is 9.94. The van der Waals surface area contributed by atoms with Gasteiger partial charge in [0.1, 0.15) is 11.9 Å². The van der Waals surface area contributed by atoms with Crippen molar-refractivity contribution in [3.63, 3.8) is 0 Å². The first-order valence-corrected chi connectivity index (χ1v) is 6.82.